The summed E-state index contributed by atoms with van der Waals surface area (Å²) in [5, 5.41) is 26.6. The van der Waals surface area contributed by atoms with Crippen molar-refractivity contribution in [3.63, 3.8) is 0 Å². The number of H-pyrrole nitrogens is 1. The van der Waals surface area contributed by atoms with Gasteiger partial charge >= 0.3 is 5.97 Å². The topological polar surface area (TPSA) is 264 Å². The highest BCUT2D eigenvalue weighted by molar-refractivity contribution is 5.94. The molecule has 0 radical (unpaired) electrons. The van der Waals surface area contributed by atoms with Crippen LogP contribution in [-0.2, 0) is 32.0 Å². The Labute approximate surface area is 224 Å². The van der Waals surface area contributed by atoms with Crippen LogP contribution in [0.4, 0.5) is 0 Å². The van der Waals surface area contributed by atoms with Crippen molar-refractivity contribution in [2.75, 3.05) is 13.2 Å². The van der Waals surface area contributed by atoms with E-state index in [-0.39, 0.29) is 31.8 Å². The highest BCUT2D eigenvalue weighted by Crippen LogP contribution is 2.05. The number of aliphatic hydroxyl groups is 1. The molecule has 4 atom stereocenters. The Balaban J connectivity index is 2.06. The van der Waals surface area contributed by atoms with E-state index in [2.05, 4.69) is 30.9 Å². The molecule has 0 bridgehead atoms. The molecule has 1 aromatic carbocycles. The number of carboxylic acids is 1. The Morgan fingerprint density at radius 1 is 0.949 bits per heavy atom. The number of hydrogen-bond acceptors (Lipinski definition) is 8. The van der Waals surface area contributed by atoms with Gasteiger partial charge < -0.3 is 48.3 Å². The summed E-state index contributed by atoms with van der Waals surface area (Å²) in [6.07, 6.45) is 3.45. The molecular formula is C24H35N9O6. The Kier molecular flexibility index (Phi) is 12.4. The number of hydrogen-bond donors (Lipinski definition) is 9. The molecule has 15 nitrogen and oxygen atoms in total. The zero-order chi connectivity index (χ0) is 28.8. The number of carboxylic acid groups (broad SMARTS) is 1. The standard InChI is InChI=1S/C24H35N9O6/c25-16(10-15-11-28-13-30-15)20(35)31-17(7-4-8-29-24(26)27)21(36)33-19(12-34)22(37)32-18(23(38)39)9-14-5-2-1-3-6-14/h1-3,5-6,11,13,16-19,34H,4,7-10,12,25H2,(H,28,30)(H,31,35)(H,32,37)(H,33,36)(H,38,39)(H4,26,27,29). The van der Waals surface area contributed by atoms with Gasteiger partial charge in [0.2, 0.25) is 17.7 Å². The smallest absolute Gasteiger partial charge is 0.326 e. The number of aliphatic imine (C=N–C) groups is 1. The number of aromatic nitrogens is 2. The summed E-state index contributed by atoms with van der Waals surface area (Å²) in [4.78, 5) is 60.8. The average molecular weight is 546 g/mol. The van der Waals surface area contributed by atoms with Gasteiger partial charge in [-0.2, -0.15) is 0 Å². The fourth-order valence-electron chi connectivity index (χ4n) is 3.57. The molecule has 2 aromatic rings. The van der Waals surface area contributed by atoms with Crippen molar-refractivity contribution in [3.05, 3.63) is 54.1 Å². The van der Waals surface area contributed by atoms with E-state index >= 15 is 0 Å². The Bertz CT molecular complexity index is 1110. The number of guanidine groups is 1. The minimum absolute atomic E-state index is 0.00823. The van der Waals surface area contributed by atoms with Crippen LogP contribution in [0.1, 0.15) is 24.1 Å². The fourth-order valence-corrected chi connectivity index (χ4v) is 3.57. The first-order valence-corrected chi connectivity index (χ1v) is 12.2. The number of aliphatic hydroxyl groups excluding tert-OH is 1. The number of carbonyl (C=O) groups is 4. The van der Waals surface area contributed by atoms with Crippen LogP contribution in [0.25, 0.3) is 0 Å². The highest BCUT2D eigenvalue weighted by atomic mass is 16.4. The highest BCUT2D eigenvalue weighted by Gasteiger charge is 2.30. The number of nitrogens with two attached hydrogens (primary N) is 3. The van der Waals surface area contributed by atoms with E-state index < -0.39 is 54.5 Å². The minimum atomic E-state index is -1.48. The van der Waals surface area contributed by atoms with E-state index in [0.29, 0.717) is 17.7 Å². The van der Waals surface area contributed by atoms with E-state index in [1.807, 2.05) is 0 Å². The third-order valence-electron chi connectivity index (χ3n) is 5.62. The predicted octanol–water partition coefficient (Wildman–Crippen LogP) is -2.89. The molecule has 0 saturated carbocycles. The molecule has 2 rings (SSSR count). The summed E-state index contributed by atoms with van der Waals surface area (Å²) in [6.45, 7) is -0.644. The van der Waals surface area contributed by atoms with E-state index in [9.17, 15) is 29.4 Å². The van der Waals surface area contributed by atoms with Crippen LogP contribution in [0, 0.1) is 0 Å². The predicted molar refractivity (Wildman–Crippen MR) is 141 cm³/mol. The largest absolute Gasteiger partial charge is 0.480 e. The number of amides is 3. The van der Waals surface area contributed by atoms with E-state index in [4.69, 9.17) is 17.2 Å². The summed E-state index contributed by atoms with van der Waals surface area (Å²) >= 11 is 0. The van der Waals surface area contributed by atoms with Crippen molar-refractivity contribution in [2.24, 2.45) is 22.2 Å². The summed E-state index contributed by atoms with van der Waals surface area (Å²) < 4.78 is 0. The molecule has 1 heterocycles. The molecule has 0 spiro atoms. The average Bonchev–Trinajstić information content (AvgIpc) is 3.41. The lowest BCUT2D eigenvalue weighted by molar-refractivity contribution is -0.142. The van der Waals surface area contributed by atoms with Crippen LogP contribution in [-0.4, -0.2) is 87.2 Å². The van der Waals surface area contributed by atoms with Crippen molar-refractivity contribution in [1.29, 1.82) is 0 Å². The Morgan fingerprint density at radius 3 is 2.18 bits per heavy atom. The van der Waals surface area contributed by atoms with Gasteiger partial charge in [-0.1, -0.05) is 30.3 Å². The van der Waals surface area contributed by atoms with Gasteiger partial charge in [0.1, 0.15) is 18.1 Å². The number of rotatable bonds is 16. The zero-order valence-electron chi connectivity index (χ0n) is 21.2. The number of benzene rings is 1. The molecule has 0 aliphatic carbocycles. The molecule has 0 saturated heterocycles. The number of aliphatic carboxylic acids is 1. The SMILES string of the molecule is NC(N)=NCCCC(NC(=O)C(N)Cc1cnc[nH]1)C(=O)NC(CO)C(=O)NC(Cc1ccccc1)C(=O)O. The normalized spacial score (nSPS) is 13.8. The molecule has 15 heteroatoms. The fraction of sp³-hybridized carbons (Fsp3) is 0.417. The number of imidazole rings is 1. The van der Waals surface area contributed by atoms with Crippen LogP contribution in [0.15, 0.2) is 47.8 Å². The van der Waals surface area contributed by atoms with Crippen molar-refractivity contribution in [2.45, 2.75) is 49.9 Å². The molecule has 4 unspecified atom stereocenters. The van der Waals surface area contributed by atoms with Gasteiger partial charge in [-0.05, 0) is 18.4 Å². The van der Waals surface area contributed by atoms with Crippen LogP contribution in [0.3, 0.4) is 0 Å². The van der Waals surface area contributed by atoms with Crippen LogP contribution < -0.4 is 33.2 Å². The van der Waals surface area contributed by atoms with E-state index in [1.54, 1.807) is 30.3 Å². The Morgan fingerprint density at radius 2 is 1.59 bits per heavy atom. The van der Waals surface area contributed by atoms with E-state index in [1.165, 1.54) is 12.5 Å². The molecular weight excluding hydrogens is 510 g/mol. The molecule has 3 amide bonds. The lowest BCUT2D eigenvalue weighted by atomic mass is 10.1. The molecule has 39 heavy (non-hydrogen) atoms. The van der Waals surface area contributed by atoms with Gasteiger partial charge in [0.05, 0.1) is 19.0 Å². The zero-order valence-corrected chi connectivity index (χ0v) is 21.2. The first kappa shape index (κ1) is 30.7. The summed E-state index contributed by atoms with van der Waals surface area (Å²) in [6, 6.07) is 3.70. The lowest BCUT2D eigenvalue weighted by Crippen LogP contribution is -2.58. The maximum atomic E-state index is 13.1. The van der Waals surface area contributed by atoms with E-state index in [0.717, 1.165) is 0 Å². The van der Waals surface area contributed by atoms with Crippen LogP contribution in [0.5, 0.6) is 0 Å². The van der Waals surface area contributed by atoms with Crippen LogP contribution >= 0.6 is 0 Å². The number of nitrogens with zero attached hydrogens (tertiary/aromatic N) is 2. The first-order chi connectivity index (χ1) is 18.6. The maximum Gasteiger partial charge on any atom is 0.326 e. The van der Waals surface area contributed by atoms with Gasteiger partial charge in [0, 0.05) is 31.3 Å². The quantitative estimate of drug-likeness (QED) is 0.0590. The second kappa shape index (κ2) is 15.7. The summed E-state index contributed by atoms with van der Waals surface area (Å²) in [7, 11) is 0. The number of nitrogens with one attached hydrogen (secondary N) is 4. The molecule has 0 fully saturated rings. The van der Waals surface area contributed by atoms with Gasteiger partial charge in [-0.3, -0.25) is 19.4 Å². The lowest BCUT2D eigenvalue weighted by Gasteiger charge is -2.24. The monoisotopic (exact) mass is 545 g/mol. The molecule has 0 aliphatic heterocycles. The van der Waals surface area contributed by atoms with Crippen LogP contribution in [0.2, 0.25) is 0 Å². The maximum absolute atomic E-state index is 13.1. The van der Waals surface area contributed by atoms with Crippen molar-refractivity contribution in [3.8, 4) is 0 Å². The molecule has 212 valence electrons. The van der Waals surface area contributed by atoms with Gasteiger partial charge in [-0.15, -0.1) is 0 Å². The summed E-state index contributed by atoms with van der Waals surface area (Å²) in [5.41, 5.74) is 17.9. The van der Waals surface area contributed by atoms with Gasteiger partial charge in [0.15, 0.2) is 5.96 Å². The second-order valence-electron chi connectivity index (χ2n) is 8.73. The molecule has 1 aromatic heterocycles. The van der Waals surface area contributed by atoms with Crippen molar-refractivity contribution < 1.29 is 29.4 Å². The van der Waals surface area contributed by atoms with Crippen molar-refractivity contribution >= 4 is 29.7 Å². The third kappa shape index (κ3) is 10.8. The van der Waals surface area contributed by atoms with Gasteiger partial charge in [-0.25, -0.2) is 9.78 Å². The van der Waals surface area contributed by atoms with Crippen molar-refractivity contribution in [1.82, 2.24) is 25.9 Å². The number of carbonyl (C=O) groups excluding carboxylic acids is 3. The molecule has 12 N–H and O–H groups in total. The van der Waals surface area contributed by atoms with Gasteiger partial charge in [0.25, 0.3) is 0 Å². The second-order valence-corrected chi connectivity index (χ2v) is 8.73. The number of aromatic amines is 1. The first-order valence-electron chi connectivity index (χ1n) is 12.2. The Hall–Kier alpha value is -4.50. The molecule has 0 aliphatic rings. The third-order valence-corrected chi connectivity index (χ3v) is 5.62. The summed E-state index contributed by atoms with van der Waals surface area (Å²) in [5.74, 6) is -3.75. The minimum Gasteiger partial charge on any atom is -0.480 e.